The lowest BCUT2D eigenvalue weighted by atomic mass is 10.0. The molecule has 1 aromatic rings. The maximum atomic E-state index is 5.51. The molecule has 0 aromatic carbocycles. The molecule has 6 nitrogen and oxygen atoms in total. The lowest BCUT2D eigenvalue weighted by Crippen LogP contribution is -2.23. The van der Waals surface area contributed by atoms with E-state index in [-0.39, 0.29) is 0 Å². The Labute approximate surface area is 119 Å². The summed E-state index contributed by atoms with van der Waals surface area (Å²) in [4.78, 5) is 11.3. The zero-order chi connectivity index (χ0) is 13.9. The highest BCUT2D eigenvalue weighted by molar-refractivity contribution is 5.49. The molecule has 1 saturated heterocycles. The fourth-order valence-electron chi connectivity index (χ4n) is 3.40. The number of hydrazine groups is 1. The van der Waals surface area contributed by atoms with Crippen LogP contribution in [-0.2, 0) is 11.3 Å². The maximum Gasteiger partial charge on any atom is 0.158 e. The SMILES string of the molecule is CCOCc1nc(NN)cc(N2CC3CCCC3C2)n1. The molecule has 2 fully saturated rings. The average molecular weight is 277 g/mol. The van der Waals surface area contributed by atoms with Crippen molar-refractivity contribution >= 4 is 11.6 Å². The minimum atomic E-state index is 0.430. The molecular weight excluding hydrogens is 254 g/mol. The zero-order valence-corrected chi connectivity index (χ0v) is 12.0. The summed E-state index contributed by atoms with van der Waals surface area (Å²) in [5, 5.41) is 0. The van der Waals surface area contributed by atoms with E-state index in [2.05, 4.69) is 20.3 Å². The summed E-state index contributed by atoms with van der Waals surface area (Å²) < 4.78 is 5.40. The number of nitrogens with two attached hydrogens (primary N) is 1. The Morgan fingerprint density at radius 3 is 2.75 bits per heavy atom. The highest BCUT2D eigenvalue weighted by Gasteiger charge is 2.36. The molecule has 3 rings (SSSR count). The number of nitrogens with zero attached hydrogens (tertiary/aromatic N) is 3. The Morgan fingerprint density at radius 2 is 2.10 bits per heavy atom. The first-order valence-corrected chi connectivity index (χ1v) is 7.47. The van der Waals surface area contributed by atoms with Crippen LogP contribution in [0.4, 0.5) is 11.6 Å². The second kappa shape index (κ2) is 5.93. The van der Waals surface area contributed by atoms with Crippen molar-refractivity contribution in [2.75, 3.05) is 30.0 Å². The van der Waals surface area contributed by atoms with Gasteiger partial charge in [-0.1, -0.05) is 6.42 Å². The number of aromatic nitrogens is 2. The molecule has 0 bridgehead atoms. The number of rotatable bonds is 5. The van der Waals surface area contributed by atoms with Gasteiger partial charge in [0.05, 0.1) is 0 Å². The number of hydrogen-bond acceptors (Lipinski definition) is 6. The van der Waals surface area contributed by atoms with Gasteiger partial charge >= 0.3 is 0 Å². The van der Waals surface area contributed by atoms with E-state index in [1.54, 1.807) is 0 Å². The highest BCUT2D eigenvalue weighted by atomic mass is 16.5. The number of anilines is 2. The van der Waals surface area contributed by atoms with Crippen molar-refractivity contribution in [2.24, 2.45) is 17.7 Å². The highest BCUT2D eigenvalue weighted by Crippen LogP contribution is 2.39. The smallest absolute Gasteiger partial charge is 0.158 e. The molecule has 2 unspecified atom stereocenters. The van der Waals surface area contributed by atoms with Gasteiger partial charge in [0.1, 0.15) is 18.2 Å². The number of fused-ring (bicyclic) bond motifs is 1. The molecule has 0 amide bonds. The topological polar surface area (TPSA) is 76.3 Å². The molecule has 3 N–H and O–H groups in total. The third kappa shape index (κ3) is 2.71. The first-order valence-electron chi connectivity index (χ1n) is 7.47. The number of nitrogens with one attached hydrogen (secondary N) is 1. The van der Waals surface area contributed by atoms with Crippen molar-refractivity contribution in [2.45, 2.75) is 32.8 Å². The van der Waals surface area contributed by atoms with Crippen molar-refractivity contribution in [3.05, 3.63) is 11.9 Å². The predicted molar refractivity (Wildman–Crippen MR) is 78.2 cm³/mol. The van der Waals surface area contributed by atoms with Gasteiger partial charge in [-0.25, -0.2) is 15.8 Å². The van der Waals surface area contributed by atoms with Crippen LogP contribution in [0.3, 0.4) is 0 Å². The largest absolute Gasteiger partial charge is 0.374 e. The predicted octanol–water partition coefficient (Wildman–Crippen LogP) is 1.53. The van der Waals surface area contributed by atoms with Gasteiger partial charge in [0.25, 0.3) is 0 Å². The van der Waals surface area contributed by atoms with Crippen LogP contribution in [-0.4, -0.2) is 29.7 Å². The number of nitrogen functional groups attached to an aromatic ring is 1. The third-order valence-electron chi connectivity index (χ3n) is 4.39. The summed E-state index contributed by atoms with van der Waals surface area (Å²) in [6.07, 6.45) is 4.11. The van der Waals surface area contributed by atoms with E-state index in [4.69, 9.17) is 10.6 Å². The zero-order valence-electron chi connectivity index (χ0n) is 12.0. The monoisotopic (exact) mass is 277 g/mol. The molecule has 1 aliphatic heterocycles. The fourth-order valence-corrected chi connectivity index (χ4v) is 3.40. The van der Waals surface area contributed by atoms with Crippen LogP contribution in [0, 0.1) is 11.8 Å². The average Bonchev–Trinajstić information content (AvgIpc) is 3.05. The molecule has 110 valence electrons. The molecule has 1 aliphatic carbocycles. The van der Waals surface area contributed by atoms with Gasteiger partial charge < -0.3 is 15.1 Å². The van der Waals surface area contributed by atoms with E-state index in [1.807, 2.05) is 13.0 Å². The summed E-state index contributed by atoms with van der Waals surface area (Å²) in [6, 6.07) is 1.93. The van der Waals surface area contributed by atoms with Crippen LogP contribution in [0.15, 0.2) is 6.07 Å². The minimum Gasteiger partial charge on any atom is -0.374 e. The van der Waals surface area contributed by atoms with Crippen LogP contribution < -0.4 is 16.2 Å². The van der Waals surface area contributed by atoms with E-state index in [1.165, 1.54) is 19.3 Å². The number of hydrogen-bond donors (Lipinski definition) is 2. The molecule has 0 radical (unpaired) electrons. The molecule has 1 saturated carbocycles. The van der Waals surface area contributed by atoms with Crippen molar-refractivity contribution in [1.29, 1.82) is 0 Å². The van der Waals surface area contributed by atoms with E-state index >= 15 is 0 Å². The molecule has 2 atom stereocenters. The molecule has 2 heterocycles. The molecule has 20 heavy (non-hydrogen) atoms. The molecule has 1 aromatic heterocycles. The van der Waals surface area contributed by atoms with Crippen molar-refractivity contribution in [3.8, 4) is 0 Å². The van der Waals surface area contributed by atoms with E-state index in [9.17, 15) is 0 Å². The molecular formula is C14H23N5O. The van der Waals surface area contributed by atoms with Crippen molar-refractivity contribution < 1.29 is 4.74 Å². The van der Waals surface area contributed by atoms with Gasteiger partial charge in [-0.05, 0) is 31.6 Å². The lowest BCUT2D eigenvalue weighted by Gasteiger charge is -2.19. The molecule has 6 heteroatoms. The van der Waals surface area contributed by atoms with E-state index in [0.717, 1.165) is 30.7 Å². The molecule has 0 spiro atoms. The summed E-state index contributed by atoms with van der Waals surface area (Å²) >= 11 is 0. The Kier molecular flexibility index (Phi) is 4.03. The van der Waals surface area contributed by atoms with Gasteiger partial charge in [-0.2, -0.15) is 0 Å². The van der Waals surface area contributed by atoms with Crippen molar-refractivity contribution in [3.63, 3.8) is 0 Å². The first-order chi connectivity index (χ1) is 9.80. The second-order valence-corrected chi connectivity index (χ2v) is 5.67. The summed E-state index contributed by atoms with van der Waals surface area (Å²) in [6.45, 7) is 5.28. The Morgan fingerprint density at radius 1 is 1.35 bits per heavy atom. The van der Waals surface area contributed by atoms with Crippen LogP contribution in [0.25, 0.3) is 0 Å². The molecule has 2 aliphatic rings. The number of ether oxygens (including phenoxy) is 1. The van der Waals surface area contributed by atoms with Crippen molar-refractivity contribution in [1.82, 2.24) is 9.97 Å². The van der Waals surface area contributed by atoms with Crippen LogP contribution in [0.2, 0.25) is 0 Å². The summed E-state index contributed by atoms with van der Waals surface area (Å²) in [5.41, 5.74) is 2.62. The summed E-state index contributed by atoms with van der Waals surface area (Å²) in [5.74, 6) is 9.50. The quantitative estimate of drug-likeness (QED) is 0.628. The van der Waals surface area contributed by atoms with Crippen LogP contribution >= 0.6 is 0 Å². The summed E-state index contributed by atoms with van der Waals surface area (Å²) in [7, 11) is 0. The normalized spacial score (nSPS) is 25.0. The third-order valence-corrected chi connectivity index (χ3v) is 4.39. The van der Waals surface area contributed by atoms with Gasteiger partial charge in [-0.15, -0.1) is 0 Å². The van der Waals surface area contributed by atoms with Crippen LogP contribution in [0.5, 0.6) is 0 Å². The Bertz CT molecular complexity index is 455. The van der Waals surface area contributed by atoms with Gasteiger partial charge in [0, 0.05) is 25.8 Å². The van der Waals surface area contributed by atoms with E-state index in [0.29, 0.717) is 24.9 Å². The standard InChI is InChI=1S/C14H23N5O/c1-2-20-9-13-16-12(18-15)6-14(17-13)19-7-10-4-3-5-11(10)8-19/h6,10-11H,2-5,7-9,15H2,1H3,(H,16,17,18). The van der Waals surface area contributed by atoms with Crippen LogP contribution in [0.1, 0.15) is 32.0 Å². The van der Waals surface area contributed by atoms with E-state index < -0.39 is 0 Å². The Balaban J connectivity index is 1.78. The van der Waals surface area contributed by atoms with Gasteiger partial charge in [0.2, 0.25) is 0 Å². The first kappa shape index (κ1) is 13.6. The minimum absolute atomic E-state index is 0.430. The van der Waals surface area contributed by atoms with Gasteiger partial charge in [0.15, 0.2) is 5.82 Å². The fraction of sp³-hybridized carbons (Fsp3) is 0.714. The maximum absolute atomic E-state index is 5.51. The lowest BCUT2D eigenvalue weighted by molar-refractivity contribution is 0.128. The second-order valence-electron chi connectivity index (χ2n) is 5.67. The Hall–Kier alpha value is -1.40. The van der Waals surface area contributed by atoms with Gasteiger partial charge in [-0.3, -0.25) is 0 Å².